The molecule has 6 nitrogen and oxygen atoms in total. The van der Waals surface area contributed by atoms with Crippen LogP contribution in [0.4, 0.5) is 0 Å². The number of methoxy groups -OCH3 is 2. The van der Waals surface area contributed by atoms with Crippen molar-refractivity contribution in [3.63, 3.8) is 0 Å². The summed E-state index contributed by atoms with van der Waals surface area (Å²) in [6, 6.07) is 8.04. The van der Waals surface area contributed by atoms with Crippen molar-refractivity contribution in [2.75, 3.05) is 34.4 Å². The molecule has 0 heterocycles. The zero-order valence-electron chi connectivity index (χ0n) is 15.6. The Morgan fingerprint density at radius 1 is 1.04 bits per heavy atom. The maximum atomic E-state index is 11.0. The average molecular weight is 349 g/mol. The lowest BCUT2D eigenvalue weighted by Crippen LogP contribution is -2.38. The molecule has 2 N–H and O–H groups in total. The van der Waals surface area contributed by atoms with Crippen LogP contribution < -0.4 is 15.4 Å². The Hall–Kier alpha value is -2.24. The number of aliphatic imine (C=N–C) groups is 1. The van der Waals surface area contributed by atoms with Gasteiger partial charge in [0.2, 0.25) is 0 Å². The summed E-state index contributed by atoms with van der Waals surface area (Å²) in [6.45, 7) is 1.66. The van der Waals surface area contributed by atoms with Crippen LogP contribution in [0.25, 0.3) is 0 Å². The van der Waals surface area contributed by atoms with E-state index in [9.17, 15) is 4.79 Å². The molecule has 0 aliphatic carbocycles. The first-order valence-corrected chi connectivity index (χ1v) is 8.84. The predicted octanol–water partition coefficient (Wildman–Crippen LogP) is 2.53. The van der Waals surface area contributed by atoms with E-state index in [4.69, 9.17) is 4.74 Å². The summed E-state index contributed by atoms with van der Waals surface area (Å²) in [6.07, 6.45) is 5.44. The molecule has 0 spiro atoms. The van der Waals surface area contributed by atoms with Gasteiger partial charge in [-0.15, -0.1) is 0 Å². The number of rotatable bonds is 11. The number of esters is 1. The first-order chi connectivity index (χ1) is 12.2. The highest BCUT2D eigenvalue weighted by Crippen LogP contribution is 2.17. The van der Waals surface area contributed by atoms with Crippen molar-refractivity contribution in [1.29, 1.82) is 0 Å². The van der Waals surface area contributed by atoms with Crippen LogP contribution in [0, 0.1) is 0 Å². The number of carbonyl (C=O) groups is 1. The minimum atomic E-state index is -0.127. The largest absolute Gasteiger partial charge is 0.496 e. The maximum absolute atomic E-state index is 11.0. The smallest absolute Gasteiger partial charge is 0.305 e. The van der Waals surface area contributed by atoms with Gasteiger partial charge >= 0.3 is 5.97 Å². The summed E-state index contributed by atoms with van der Waals surface area (Å²) < 4.78 is 9.98. The third kappa shape index (κ3) is 8.98. The fraction of sp³-hybridized carbons (Fsp3) is 0.579. The Morgan fingerprint density at radius 3 is 2.48 bits per heavy atom. The summed E-state index contributed by atoms with van der Waals surface area (Å²) in [7, 11) is 4.89. The van der Waals surface area contributed by atoms with Gasteiger partial charge in [-0.25, -0.2) is 0 Å². The summed E-state index contributed by atoms with van der Waals surface area (Å²) >= 11 is 0. The van der Waals surface area contributed by atoms with Gasteiger partial charge in [-0.3, -0.25) is 9.79 Å². The lowest BCUT2D eigenvalue weighted by atomic mass is 10.1. The Balaban J connectivity index is 2.13. The monoisotopic (exact) mass is 349 g/mol. The van der Waals surface area contributed by atoms with Crippen molar-refractivity contribution in [1.82, 2.24) is 10.6 Å². The van der Waals surface area contributed by atoms with E-state index in [0.29, 0.717) is 6.42 Å². The minimum Gasteiger partial charge on any atom is -0.496 e. The molecule has 0 atom stereocenters. The topological polar surface area (TPSA) is 72.0 Å². The zero-order chi connectivity index (χ0) is 18.3. The second-order valence-electron chi connectivity index (χ2n) is 5.73. The first-order valence-electron chi connectivity index (χ1n) is 8.84. The normalized spacial score (nSPS) is 11.1. The molecule has 1 rings (SSSR count). The molecule has 0 fully saturated rings. The van der Waals surface area contributed by atoms with Crippen LogP contribution in [0.5, 0.6) is 5.75 Å². The van der Waals surface area contributed by atoms with Crippen LogP contribution in [0.1, 0.15) is 37.7 Å². The van der Waals surface area contributed by atoms with E-state index >= 15 is 0 Å². The third-order valence-electron chi connectivity index (χ3n) is 3.93. The lowest BCUT2D eigenvalue weighted by Gasteiger charge is -2.13. The van der Waals surface area contributed by atoms with Crippen LogP contribution in [0.3, 0.4) is 0 Å². The SMILES string of the molecule is CN=C(NCCCCCCC(=O)OC)NCCc1ccccc1OC. The number of carbonyl (C=O) groups excluding carboxylic acids is 1. The minimum absolute atomic E-state index is 0.127. The summed E-state index contributed by atoms with van der Waals surface area (Å²) in [5.74, 6) is 1.60. The number of nitrogens with one attached hydrogen (secondary N) is 2. The fourth-order valence-electron chi connectivity index (χ4n) is 2.50. The van der Waals surface area contributed by atoms with Gasteiger partial charge < -0.3 is 20.1 Å². The average Bonchev–Trinajstić information content (AvgIpc) is 2.65. The van der Waals surface area contributed by atoms with Crippen LogP contribution in [0.2, 0.25) is 0 Å². The molecule has 0 bridgehead atoms. The van der Waals surface area contributed by atoms with Crippen LogP contribution >= 0.6 is 0 Å². The number of benzene rings is 1. The maximum Gasteiger partial charge on any atom is 0.305 e. The van der Waals surface area contributed by atoms with Gasteiger partial charge in [-0.2, -0.15) is 0 Å². The quantitative estimate of drug-likeness (QED) is 0.278. The van der Waals surface area contributed by atoms with E-state index in [-0.39, 0.29) is 5.97 Å². The second kappa shape index (κ2) is 13.1. The van der Waals surface area contributed by atoms with Gasteiger partial charge in [0.05, 0.1) is 14.2 Å². The van der Waals surface area contributed by atoms with Gasteiger partial charge in [-0.05, 0) is 30.9 Å². The lowest BCUT2D eigenvalue weighted by molar-refractivity contribution is -0.140. The van der Waals surface area contributed by atoms with E-state index in [0.717, 1.165) is 56.9 Å². The fourth-order valence-corrected chi connectivity index (χ4v) is 2.50. The molecule has 0 amide bonds. The van der Waals surface area contributed by atoms with Crippen molar-refractivity contribution >= 4 is 11.9 Å². The van der Waals surface area contributed by atoms with E-state index < -0.39 is 0 Å². The highest BCUT2D eigenvalue weighted by molar-refractivity contribution is 5.79. The molecule has 0 aliphatic heterocycles. The van der Waals surface area contributed by atoms with E-state index in [1.165, 1.54) is 12.7 Å². The first kappa shape index (κ1) is 20.8. The summed E-state index contributed by atoms with van der Waals surface area (Å²) in [5, 5.41) is 6.63. The standard InChI is InChI=1S/C19H31N3O3/c1-20-19(21-14-9-5-4-6-12-18(23)25-3)22-15-13-16-10-7-8-11-17(16)24-2/h7-8,10-11H,4-6,9,12-15H2,1-3H3,(H2,20,21,22). The number of unbranched alkanes of at least 4 members (excludes halogenated alkanes) is 3. The van der Waals surface area contributed by atoms with E-state index in [2.05, 4.69) is 26.4 Å². The molecule has 0 saturated carbocycles. The number of nitrogens with zero attached hydrogens (tertiary/aromatic N) is 1. The third-order valence-corrected chi connectivity index (χ3v) is 3.93. The van der Waals surface area contributed by atoms with Gasteiger partial charge in [0.1, 0.15) is 5.75 Å². The molecule has 6 heteroatoms. The Labute approximate surface area is 151 Å². The van der Waals surface area contributed by atoms with Crippen molar-refractivity contribution in [3.05, 3.63) is 29.8 Å². The molecular weight excluding hydrogens is 318 g/mol. The molecule has 0 radical (unpaired) electrons. The summed E-state index contributed by atoms with van der Waals surface area (Å²) in [5.41, 5.74) is 1.18. The number of hydrogen-bond acceptors (Lipinski definition) is 4. The predicted molar refractivity (Wildman–Crippen MR) is 101 cm³/mol. The van der Waals surface area contributed by atoms with Crippen molar-refractivity contribution in [2.45, 2.75) is 38.5 Å². The number of para-hydroxylation sites is 1. The number of ether oxygens (including phenoxy) is 2. The molecule has 1 aromatic rings. The molecule has 0 saturated heterocycles. The van der Waals surface area contributed by atoms with Gasteiger partial charge in [0, 0.05) is 26.6 Å². The van der Waals surface area contributed by atoms with Crippen molar-refractivity contribution < 1.29 is 14.3 Å². The van der Waals surface area contributed by atoms with Crippen LogP contribution in [0.15, 0.2) is 29.3 Å². The molecule has 0 aliphatic rings. The Bertz CT molecular complexity index is 532. The van der Waals surface area contributed by atoms with Gasteiger partial charge in [0.15, 0.2) is 5.96 Å². The van der Waals surface area contributed by atoms with Gasteiger partial charge in [-0.1, -0.05) is 31.0 Å². The molecule has 25 heavy (non-hydrogen) atoms. The zero-order valence-corrected chi connectivity index (χ0v) is 15.6. The number of hydrogen-bond donors (Lipinski definition) is 2. The second-order valence-corrected chi connectivity index (χ2v) is 5.73. The Kier molecular flexibility index (Phi) is 10.9. The Morgan fingerprint density at radius 2 is 1.76 bits per heavy atom. The molecular formula is C19H31N3O3. The van der Waals surface area contributed by atoms with Crippen molar-refractivity contribution in [2.24, 2.45) is 4.99 Å². The highest BCUT2D eigenvalue weighted by Gasteiger charge is 2.03. The van der Waals surface area contributed by atoms with Crippen molar-refractivity contribution in [3.8, 4) is 5.75 Å². The summed E-state index contributed by atoms with van der Waals surface area (Å²) in [4.78, 5) is 15.2. The highest BCUT2D eigenvalue weighted by atomic mass is 16.5. The molecule has 0 aromatic heterocycles. The molecule has 140 valence electrons. The van der Waals surface area contributed by atoms with Crippen LogP contribution in [-0.2, 0) is 16.0 Å². The van der Waals surface area contributed by atoms with Crippen LogP contribution in [-0.4, -0.2) is 46.3 Å². The number of guanidine groups is 1. The molecule has 0 unspecified atom stereocenters. The van der Waals surface area contributed by atoms with E-state index in [1.54, 1.807) is 14.2 Å². The van der Waals surface area contributed by atoms with E-state index in [1.807, 2.05) is 18.2 Å². The van der Waals surface area contributed by atoms with Gasteiger partial charge in [0.25, 0.3) is 0 Å². The molecule has 1 aromatic carbocycles.